The van der Waals surface area contributed by atoms with E-state index in [4.69, 9.17) is 9.84 Å². The average Bonchev–Trinajstić information content (AvgIpc) is 3.64. The molecule has 0 radical (unpaired) electrons. The molecule has 0 aliphatic heterocycles. The lowest BCUT2D eigenvalue weighted by atomic mass is 10.1. The van der Waals surface area contributed by atoms with E-state index in [1.165, 1.54) is 37.6 Å². The van der Waals surface area contributed by atoms with Crippen LogP contribution in [-0.4, -0.2) is 96.5 Å². The maximum atomic E-state index is 14.2. The van der Waals surface area contributed by atoms with Crippen LogP contribution in [0.4, 0.5) is 39.5 Å². The van der Waals surface area contributed by atoms with E-state index in [2.05, 4.69) is 93.6 Å². The van der Waals surface area contributed by atoms with Crippen LogP contribution in [0.15, 0.2) is 109 Å². The molecule has 396 valence electrons. The minimum atomic E-state index is -8.05. The lowest BCUT2D eigenvalue weighted by molar-refractivity contribution is -0.245. The fourth-order valence-electron chi connectivity index (χ4n) is 5.76. The molecule has 5 rings (SSSR count). The van der Waals surface area contributed by atoms with Gasteiger partial charge in [-0.25, -0.2) is 21.6 Å². The van der Waals surface area contributed by atoms with Crippen molar-refractivity contribution in [2.75, 3.05) is 26.4 Å². The minimum Gasteiger partial charge on any atom is -0.462 e. The Morgan fingerprint density at radius 2 is 1.15 bits per heavy atom. The smallest absolute Gasteiger partial charge is 0.462 e. The summed E-state index contributed by atoms with van der Waals surface area (Å²) in [6, 6.07) is 29.0. The Morgan fingerprint density at radius 1 is 0.667 bits per heavy atom. The third-order valence-corrected chi connectivity index (χ3v) is 16.0. The summed E-state index contributed by atoms with van der Waals surface area (Å²) in [5.74, 6) is -11.1. The largest absolute Gasteiger partial charge is 0.480 e. The highest BCUT2D eigenvalue weighted by Crippen LogP contribution is 2.53. The molecule has 1 amide bonds. The Balaban J connectivity index is 0.000000465. The van der Waals surface area contributed by atoms with E-state index in [1.807, 2.05) is 13.8 Å². The maximum absolute atomic E-state index is 14.2. The third kappa shape index (κ3) is 14.4. The lowest BCUT2D eigenvalue weighted by Gasteiger charge is -2.35. The molecule has 0 bridgehead atoms. The van der Waals surface area contributed by atoms with Gasteiger partial charge in [0.05, 0.1) is 6.42 Å². The predicted molar refractivity (Wildman–Crippen MR) is 248 cm³/mol. The summed E-state index contributed by atoms with van der Waals surface area (Å²) < 4.78 is 206. The van der Waals surface area contributed by atoms with Gasteiger partial charge in [-0.2, -0.15) is 47.9 Å². The van der Waals surface area contributed by atoms with Crippen molar-refractivity contribution in [3.63, 3.8) is 0 Å². The zero-order valence-electron chi connectivity index (χ0n) is 37.9. The van der Waals surface area contributed by atoms with Crippen molar-refractivity contribution in [1.82, 2.24) is 5.32 Å². The van der Waals surface area contributed by atoms with Gasteiger partial charge in [-0.3, -0.25) is 9.59 Å². The highest BCUT2D eigenvalue weighted by atomic mass is 32.3. The van der Waals surface area contributed by atoms with Crippen molar-refractivity contribution in [2.45, 2.75) is 68.4 Å². The molecule has 1 heterocycles. The second kappa shape index (κ2) is 24.7. The number of carbonyl (C=O) groups excluding carboxylic acids is 3. The van der Waals surface area contributed by atoms with Crippen LogP contribution in [0.5, 0.6) is 5.75 Å². The first-order chi connectivity index (χ1) is 33.4. The monoisotopic (exact) mass is 1110 g/mol. The number of hydrogen-bond acceptors (Lipinski definition) is 13. The molecule has 0 fully saturated rings. The van der Waals surface area contributed by atoms with Crippen molar-refractivity contribution in [3.8, 4) is 10.6 Å². The fraction of sp³-hybridized carbons (Fsp3) is 0.341. The zero-order chi connectivity index (χ0) is 54.5. The number of benzene rings is 4. The summed E-state index contributed by atoms with van der Waals surface area (Å²) in [6.07, 6.45) is -0.0641. The molecule has 0 saturated carbocycles. The summed E-state index contributed by atoms with van der Waals surface area (Å²) in [5.41, 5.74) is -5.26. The van der Waals surface area contributed by atoms with Gasteiger partial charge in [0, 0.05) is 46.4 Å². The molecule has 28 heteroatoms. The van der Waals surface area contributed by atoms with E-state index >= 15 is 0 Å². The molecule has 72 heavy (non-hydrogen) atoms. The second-order valence-electron chi connectivity index (χ2n) is 14.4. The second-order valence-corrected chi connectivity index (χ2v) is 21.4. The van der Waals surface area contributed by atoms with Crippen LogP contribution in [0.3, 0.4) is 0 Å². The van der Waals surface area contributed by atoms with Gasteiger partial charge in [0.1, 0.15) is 19.0 Å². The van der Waals surface area contributed by atoms with Gasteiger partial charge in [-0.1, -0.05) is 69.0 Å². The van der Waals surface area contributed by atoms with Crippen LogP contribution in [0.2, 0.25) is 0 Å². The number of aliphatic hydroxyl groups is 1. The van der Waals surface area contributed by atoms with Crippen molar-refractivity contribution in [1.29, 1.82) is 0 Å². The fourth-order valence-corrected chi connectivity index (χ4v) is 11.3. The molecular formula is C44H45F9N2O13S4. The number of esters is 2. The molecular weight excluding hydrogens is 1060 g/mol. The van der Waals surface area contributed by atoms with E-state index in [9.17, 15) is 79.2 Å². The van der Waals surface area contributed by atoms with Crippen molar-refractivity contribution in [3.05, 3.63) is 124 Å². The van der Waals surface area contributed by atoms with Gasteiger partial charge in [0.2, 0.25) is 5.91 Å². The first-order valence-electron chi connectivity index (χ1n) is 20.7. The number of thiophene rings is 1. The van der Waals surface area contributed by atoms with Crippen molar-refractivity contribution < 1.29 is 97.9 Å². The molecule has 5 aromatic rings. The summed E-state index contributed by atoms with van der Waals surface area (Å²) in [7, 11) is -22.9. The Kier molecular flexibility index (Phi) is 20.8. The summed E-state index contributed by atoms with van der Waals surface area (Å²) in [5, 5.41) is -0.654. The van der Waals surface area contributed by atoms with Crippen LogP contribution >= 0.6 is 10.5 Å². The number of aliphatic hydroxyl groups excluding tert-OH is 1. The van der Waals surface area contributed by atoms with E-state index in [1.54, 1.807) is 0 Å². The SMILES string of the molecule is C=C(C)C(=O)OCCOC(=O)CCC(=O)NCCc1ccc(OS(=O)(=O)C(F)(F)C(F)(F)C(F)(F)S(=O)(=O)[N-]S(=O)(=O)C(F)(F)F)cc1.CC.OCCc1ccc(-[s+]2c3ccccc3c3ccccc32)cc1. The number of nitrogens with zero attached hydrogens (tertiary/aromatic N) is 1. The van der Waals surface area contributed by atoms with Gasteiger partial charge < -0.3 is 28.2 Å². The van der Waals surface area contributed by atoms with Crippen LogP contribution in [0, 0.1) is 0 Å². The van der Waals surface area contributed by atoms with Crippen LogP contribution in [0.25, 0.3) is 29.2 Å². The number of sulfonamides is 2. The normalized spacial score (nSPS) is 12.5. The molecule has 1 aromatic heterocycles. The molecule has 2 N–H and O–H groups in total. The van der Waals surface area contributed by atoms with Gasteiger partial charge >= 0.3 is 44.0 Å². The Hall–Kier alpha value is -5.81. The number of nitrogens with one attached hydrogen (secondary N) is 1. The number of halogens is 9. The number of fused-ring (bicyclic) bond motifs is 3. The average molecular weight is 1110 g/mol. The van der Waals surface area contributed by atoms with E-state index in [-0.39, 0.29) is 67.2 Å². The zero-order valence-corrected chi connectivity index (χ0v) is 41.2. The van der Waals surface area contributed by atoms with E-state index in [0.717, 1.165) is 18.6 Å². The van der Waals surface area contributed by atoms with Gasteiger partial charge in [0.15, 0.2) is 34.3 Å². The molecule has 0 atom stereocenters. The number of ether oxygens (including phenoxy) is 2. The van der Waals surface area contributed by atoms with Gasteiger partial charge in [-0.05, 0) is 79.4 Å². The summed E-state index contributed by atoms with van der Waals surface area (Å²) in [4.78, 5) is 36.0. The topological polar surface area (TPSA) is 228 Å². The number of carbonyl (C=O) groups is 3. The number of alkyl halides is 9. The van der Waals surface area contributed by atoms with Gasteiger partial charge in [-0.15, -0.1) is 0 Å². The third-order valence-electron chi connectivity index (χ3n) is 9.27. The molecule has 0 unspecified atom stereocenters. The lowest BCUT2D eigenvalue weighted by Crippen LogP contribution is -2.61. The molecule has 0 spiro atoms. The number of amides is 1. The van der Waals surface area contributed by atoms with Crippen LogP contribution in [0.1, 0.15) is 44.7 Å². The Labute approximate surface area is 410 Å². The number of rotatable bonds is 21. The number of hydrogen-bond donors (Lipinski definition) is 2. The molecule has 0 saturated heterocycles. The standard InChI is InChI=1S/C22H22F9N2O12S3.C20H17OS.C2H6/c1-13(2)18(36)44-12-11-43-17(35)8-7-16(34)32-10-9-14-3-5-15(6-4-14)45-48(41,42)21(27,28)19(23,24)20(25,26)46(37,38)33-47(39,40)22(29,30)31;21-14-13-15-9-11-16(12-10-15)22-19-7-3-1-5-17(19)18-6-2-4-8-20(18)22;1-2/h3-6H,1,7-12H2,2H3,(H,32,34);1-12,21H,13-14H2;1-2H3/q-1;+1;. The maximum Gasteiger partial charge on any atom is 0.480 e. The quantitative estimate of drug-likeness (QED) is 0.0175. The summed E-state index contributed by atoms with van der Waals surface area (Å²) in [6.45, 7) is 8.25. The van der Waals surface area contributed by atoms with Crippen LogP contribution < -0.4 is 9.50 Å². The molecule has 0 aliphatic rings. The highest BCUT2D eigenvalue weighted by molar-refractivity contribution is 8.13. The van der Waals surface area contributed by atoms with Crippen LogP contribution in [-0.2, 0) is 66.9 Å². The van der Waals surface area contributed by atoms with Gasteiger partial charge in [0.25, 0.3) is 0 Å². The van der Waals surface area contributed by atoms with Crippen molar-refractivity contribution in [2.24, 2.45) is 0 Å². The Bertz CT molecular complexity index is 2990. The molecule has 4 aromatic carbocycles. The molecule has 0 aliphatic carbocycles. The predicted octanol–water partition coefficient (Wildman–Crippen LogP) is 9.16. The van der Waals surface area contributed by atoms with E-state index < -0.39 is 75.7 Å². The molecule has 15 nitrogen and oxygen atoms in total. The minimum absolute atomic E-state index is 0.0153. The Morgan fingerprint density at radius 3 is 1.65 bits per heavy atom. The van der Waals surface area contributed by atoms with E-state index in [0.29, 0.717) is 16.3 Å². The summed E-state index contributed by atoms with van der Waals surface area (Å²) >= 11 is 0. The highest BCUT2D eigenvalue weighted by Gasteiger charge is 2.81. The van der Waals surface area contributed by atoms with Crippen molar-refractivity contribution >= 4 is 78.7 Å². The first-order valence-corrected chi connectivity index (χ1v) is 26.3. The first kappa shape index (κ1) is 60.5.